The minimum absolute atomic E-state index is 0.122. The molecular formula is C27H32N2O5S. The predicted molar refractivity (Wildman–Crippen MR) is 137 cm³/mol. The van der Waals surface area contributed by atoms with E-state index in [1.54, 1.807) is 48.5 Å². The lowest BCUT2D eigenvalue weighted by molar-refractivity contribution is -0.123. The van der Waals surface area contributed by atoms with Crippen LogP contribution >= 0.6 is 0 Å². The Kier molecular flexibility index (Phi) is 9.69. The molecule has 0 aliphatic rings. The molecule has 0 heterocycles. The zero-order valence-electron chi connectivity index (χ0n) is 20.1. The van der Waals surface area contributed by atoms with Gasteiger partial charge in [-0.25, -0.2) is 8.42 Å². The number of hydrogen-bond donors (Lipinski definition) is 1. The van der Waals surface area contributed by atoms with Crippen molar-refractivity contribution in [3.8, 4) is 5.75 Å². The van der Waals surface area contributed by atoms with Gasteiger partial charge in [0, 0.05) is 19.8 Å². The number of aryl methyl sites for hydroxylation is 1. The smallest absolute Gasteiger partial charge is 0.264 e. The highest BCUT2D eigenvalue weighted by atomic mass is 32.2. The van der Waals surface area contributed by atoms with E-state index in [4.69, 9.17) is 9.47 Å². The molecule has 0 saturated carbocycles. The zero-order valence-corrected chi connectivity index (χ0v) is 21.0. The molecule has 1 N–H and O–H groups in total. The minimum atomic E-state index is -3.81. The van der Waals surface area contributed by atoms with Crippen molar-refractivity contribution in [2.75, 3.05) is 30.7 Å². The Morgan fingerprint density at radius 3 is 2.29 bits per heavy atom. The van der Waals surface area contributed by atoms with E-state index in [2.05, 4.69) is 5.32 Å². The Balaban J connectivity index is 1.71. The first-order valence-corrected chi connectivity index (χ1v) is 13.0. The summed E-state index contributed by atoms with van der Waals surface area (Å²) in [6.07, 6.45) is 0.737. The summed E-state index contributed by atoms with van der Waals surface area (Å²) in [6.45, 7) is 5.68. The van der Waals surface area contributed by atoms with Crippen LogP contribution in [0.2, 0.25) is 0 Å². The number of sulfonamides is 1. The van der Waals surface area contributed by atoms with Crippen LogP contribution in [0.25, 0.3) is 0 Å². The second-order valence-electron chi connectivity index (χ2n) is 7.99. The van der Waals surface area contributed by atoms with E-state index >= 15 is 0 Å². The van der Waals surface area contributed by atoms with Gasteiger partial charge in [-0.1, -0.05) is 48.0 Å². The number of rotatable bonds is 13. The van der Waals surface area contributed by atoms with Gasteiger partial charge in [0.1, 0.15) is 5.75 Å². The van der Waals surface area contributed by atoms with Gasteiger partial charge in [0.15, 0.2) is 6.61 Å². The number of carbonyl (C=O) groups is 1. The van der Waals surface area contributed by atoms with E-state index in [1.807, 2.05) is 44.2 Å². The molecule has 186 valence electrons. The Morgan fingerprint density at radius 2 is 1.63 bits per heavy atom. The maximum atomic E-state index is 13.5. The van der Waals surface area contributed by atoms with Crippen molar-refractivity contribution in [1.29, 1.82) is 0 Å². The third kappa shape index (κ3) is 7.83. The molecule has 7 nitrogen and oxygen atoms in total. The average molecular weight is 497 g/mol. The van der Waals surface area contributed by atoms with E-state index in [0.717, 1.165) is 17.5 Å². The van der Waals surface area contributed by atoms with Gasteiger partial charge in [0.05, 0.1) is 17.1 Å². The van der Waals surface area contributed by atoms with Crippen LogP contribution in [0, 0.1) is 6.92 Å². The first-order valence-electron chi connectivity index (χ1n) is 11.6. The lowest BCUT2D eigenvalue weighted by Gasteiger charge is -2.25. The standard InChI is InChI=1S/C27H32N2O5S/c1-3-33-19-7-18-28-27(30)21-34-25-14-12-24(13-15-25)29(20-23-8-5-4-6-9-23)35(31,32)26-16-10-22(2)11-17-26/h4-6,8-17H,3,7,18-21H2,1-2H3,(H,28,30). The molecule has 8 heteroatoms. The van der Waals surface area contributed by atoms with Crippen molar-refractivity contribution >= 4 is 21.6 Å². The van der Waals surface area contributed by atoms with Crippen molar-refractivity contribution in [3.63, 3.8) is 0 Å². The predicted octanol–water partition coefficient (Wildman–Crippen LogP) is 4.31. The van der Waals surface area contributed by atoms with Crippen LogP contribution in [0.3, 0.4) is 0 Å². The summed E-state index contributed by atoms with van der Waals surface area (Å²) in [7, 11) is -3.81. The largest absolute Gasteiger partial charge is 0.484 e. The highest BCUT2D eigenvalue weighted by molar-refractivity contribution is 7.92. The fourth-order valence-electron chi connectivity index (χ4n) is 3.36. The molecule has 0 unspecified atom stereocenters. The Labute approximate surface area is 207 Å². The summed E-state index contributed by atoms with van der Waals surface area (Å²) in [6, 6.07) is 22.9. The molecule has 0 radical (unpaired) electrons. The molecule has 35 heavy (non-hydrogen) atoms. The van der Waals surface area contributed by atoms with Crippen molar-refractivity contribution in [3.05, 3.63) is 90.0 Å². The molecule has 3 aromatic carbocycles. The van der Waals surface area contributed by atoms with E-state index in [1.165, 1.54) is 4.31 Å². The molecule has 0 saturated heterocycles. The fourth-order valence-corrected chi connectivity index (χ4v) is 4.81. The van der Waals surface area contributed by atoms with E-state index < -0.39 is 10.0 Å². The molecular weight excluding hydrogens is 464 g/mol. The summed E-state index contributed by atoms with van der Waals surface area (Å²) < 4.78 is 39.3. The number of anilines is 1. The normalized spacial score (nSPS) is 11.1. The SMILES string of the molecule is CCOCCCNC(=O)COc1ccc(N(Cc2ccccc2)S(=O)(=O)c2ccc(C)cc2)cc1. The topological polar surface area (TPSA) is 84.9 Å². The third-order valence-electron chi connectivity index (χ3n) is 5.26. The minimum Gasteiger partial charge on any atom is -0.484 e. The van der Waals surface area contributed by atoms with E-state index in [0.29, 0.717) is 31.2 Å². The van der Waals surface area contributed by atoms with Gasteiger partial charge in [0.2, 0.25) is 0 Å². The number of nitrogens with one attached hydrogen (secondary N) is 1. The van der Waals surface area contributed by atoms with Crippen LogP contribution in [0.15, 0.2) is 83.8 Å². The van der Waals surface area contributed by atoms with Crippen molar-refractivity contribution < 1.29 is 22.7 Å². The summed E-state index contributed by atoms with van der Waals surface area (Å²) in [5.74, 6) is 0.254. The molecule has 0 spiro atoms. The highest BCUT2D eigenvalue weighted by Crippen LogP contribution is 2.28. The fraction of sp³-hybridized carbons (Fsp3) is 0.296. The second kappa shape index (κ2) is 12.9. The molecule has 0 atom stereocenters. The molecule has 0 aliphatic heterocycles. The quantitative estimate of drug-likeness (QED) is 0.357. The molecule has 0 aliphatic carbocycles. The van der Waals surface area contributed by atoms with Crippen LogP contribution in [0.1, 0.15) is 24.5 Å². The zero-order chi connectivity index (χ0) is 25.1. The second-order valence-corrected chi connectivity index (χ2v) is 9.86. The first-order chi connectivity index (χ1) is 16.9. The Morgan fingerprint density at radius 1 is 0.943 bits per heavy atom. The third-order valence-corrected chi connectivity index (χ3v) is 7.05. The number of amides is 1. The summed E-state index contributed by atoms with van der Waals surface area (Å²) in [5, 5.41) is 2.78. The molecule has 0 bridgehead atoms. The van der Waals surface area contributed by atoms with Gasteiger partial charge >= 0.3 is 0 Å². The van der Waals surface area contributed by atoms with E-state index in [-0.39, 0.29) is 24.0 Å². The number of carbonyl (C=O) groups excluding carboxylic acids is 1. The molecule has 3 aromatic rings. The molecule has 1 amide bonds. The number of hydrogen-bond acceptors (Lipinski definition) is 5. The van der Waals surface area contributed by atoms with Crippen LogP contribution in [-0.2, 0) is 26.1 Å². The summed E-state index contributed by atoms with van der Waals surface area (Å²) in [5.41, 5.74) is 2.35. The van der Waals surface area contributed by atoms with Crippen LogP contribution in [0.4, 0.5) is 5.69 Å². The van der Waals surface area contributed by atoms with Crippen molar-refractivity contribution in [1.82, 2.24) is 5.32 Å². The lowest BCUT2D eigenvalue weighted by atomic mass is 10.2. The Hall–Kier alpha value is -3.36. The molecule has 3 rings (SSSR count). The van der Waals surface area contributed by atoms with Crippen LogP contribution < -0.4 is 14.4 Å². The van der Waals surface area contributed by atoms with E-state index in [9.17, 15) is 13.2 Å². The van der Waals surface area contributed by atoms with Gasteiger partial charge in [0.25, 0.3) is 15.9 Å². The van der Waals surface area contributed by atoms with Crippen LogP contribution in [0.5, 0.6) is 5.75 Å². The number of ether oxygens (including phenoxy) is 2. The number of benzene rings is 3. The summed E-state index contributed by atoms with van der Waals surface area (Å²) >= 11 is 0. The maximum Gasteiger partial charge on any atom is 0.264 e. The van der Waals surface area contributed by atoms with Crippen LogP contribution in [-0.4, -0.2) is 40.7 Å². The Bertz CT molecular complexity index is 1160. The van der Waals surface area contributed by atoms with Gasteiger partial charge < -0.3 is 14.8 Å². The lowest BCUT2D eigenvalue weighted by Crippen LogP contribution is -2.31. The van der Waals surface area contributed by atoms with Gasteiger partial charge in [-0.05, 0) is 62.2 Å². The van der Waals surface area contributed by atoms with Crippen molar-refractivity contribution in [2.24, 2.45) is 0 Å². The molecule has 0 aromatic heterocycles. The number of nitrogens with zero attached hydrogens (tertiary/aromatic N) is 1. The van der Waals surface area contributed by atoms with Gasteiger partial charge in [-0.2, -0.15) is 0 Å². The van der Waals surface area contributed by atoms with Crippen molar-refractivity contribution in [2.45, 2.75) is 31.7 Å². The monoisotopic (exact) mass is 496 g/mol. The maximum absolute atomic E-state index is 13.5. The average Bonchev–Trinajstić information content (AvgIpc) is 2.87. The van der Waals surface area contributed by atoms with Gasteiger partial charge in [-0.15, -0.1) is 0 Å². The highest BCUT2D eigenvalue weighted by Gasteiger charge is 2.25. The molecule has 0 fully saturated rings. The van der Waals surface area contributed by atoms with Gasteiger partial charge in [-0.3, -0.25) is 9.10 Å². The summed E-state index contributed by atoms with van der Waals surface area (Å²) in [4.78, 5) is 12.2. The first kappa shape index (κ1) is 26.2.